The number of benzene rings is 2. The minimum absolute atomic E-state index is 0.0114. The Labute approximate surface area is 233 Å². The zero-order valence-corrected chi connectivity index (χ0v) is 22.9. The molecule has 2 aromatic heterocycles. The minimum atomic E-state index is -0.686. The van der Waals surface area contributed by atoms with Gasteiger partial charge in [0.05, 0.1) is 5.69 Å². The summed E-state index contributed by atoms with van der Waals surface area (Å²) >= 11 is 6.54. The molecular formula is C28H35ClN8O2. The van der Waals surface area contributed by atoms with E-state index in [1.807, 2.05) is 28.8 Å². The molecule has 11 heteroatoms. The van der Waals surface area contributed by atoms with Crippen LogP contribution in [0.15, 0.2) is 48.5 Å². The number of aromatic amines is 1. The number of carbonyl (C=O) groups is 1. The number of imidazole rings is 1. The minimum Gasteiger partial charge on any atom is -0.458 e. The van der Waals surface area contributed by atoms with Crippen molar-refractivity contribution in [3.8, 4) is 22.5 Å². The third-order valence-electron chi connectivity index (χ3n) is 6.60. The highest BCUT2D eigenvalue weighted by molar-refractivity contribution is 6.30. The summed E-state index contributed by atoms with van der Waals surface area (Å²) in [5.41, 5.74) is 16.2. The number of hydrogen-bond donors (Lipinski definition) is 3. The Morgan fingerprint density at radius 2 is 1.87 bits per heavy atom. The summed E-state index contributed by atoms with van der Waals surface area (Å²) in [7, 11) is 0. The summed E-state index contributed by atoms with van der Waals surface area (Å²) in [5, 5.41) is 14.8. The predicted molar refractivity (Wildman–Crippen MR) is 151 cm³/mol. The zero-order chi connectivity index (χ0) is 27.6. The van der Waals surface area contributed by atoms with Crippen LogP contribution in [0.2, 0.25) is 5.15 Å². The fourth-order valence-electron chi connectivity index (χ4n) is 4.41. The molecular weight excluding hydrogens is 516 g/mol. The van der Waals surface area contributed by atoms with E-state index in [0.717, 1.165) is 60.2 Å². The number of aromatic nitrogens is 6. The van der Waals surface area contributed by atoms with Gasteiger partial charge < -0.3 is 20.8 Å². The van der Waals surface area contributed by atoms with E-state index in [1.165, 1.54) is 0 Å². The van der Waals surface area contributed by atoms with Crippen LogP contribution in [0.3, 0.4) is 0 Å². The number of aryl methyl sites for hydroxylation is 1. The van der Waals surface area contributed by atoms with E-state index < -0.39 is 12.0 Å². The molecule has 0 amide bonds. The number of nitrogens with zero attached hydrogens (tertiary/aromatic N) is 5. The zero-order valence-electron chi connectivity index (χ0n) is 22.1. The molecule has 0 unspecified atom stereocenters. The van der Waals surface area contributed by atoms with Gasteiger partial charge in [-0.2, -0.15) is 5.21 Å². The van der Waals surface area contributed by atoms with Gasteiger partial charge in [0.2, 0.25) is 5.82 Å². The maximum absolute atomic E-state index is 12.5. The molecule has 0 fully saturated rings. The molecule has 0 aliphatic rings. The van der Waals surface area contributed by atoms with Crippen LogP contribution in [0.1, 0.15) is 56.1 Å². The van der Waals surface area contributed by atoms with Gasteiger partial charge in [-0.25, -0.2) is 4.98 Å². The highest BCUT2D eigenvalue weighted by Gasteiger charge is 2.20. The van der Waals surface area contributed by atoms with E-state index in [2.05, 4.69) is 56.8 Å². The summed E-state index contributed by atoms with van der Waals surface area (Å²) in [6, 6.07) is 15.5. The third kappa shape index (κ3) is 7.29. The molecule has 0 saturated heterocycles. The van der Waals surface area contributed by atoms with E-state index in [0.29, 0.717) is 36.2 Å². The van der Waals surface area contributed by atoms with E-state index in [9.17, 15) is 4.79 Å². The first-order valence-corrected chi connectivity index (χ1v) is 13.7. The molecule has 1 atom stereocenters. The first-order valence-electron chi connectivity index (χ1n) is 13.3. The highest BCUT2D eigenvalue weighted by atomic mass is 35.5. The van der Waals surface area contributed by atoms with Gasteiger partial charge in [-0.1, -0.05) is 79.9 Å². The number of carbonyl (C=O) groups excluding carboxylic acids is 1. The number of unbranched alkanes of at least 4 members (excludes halogenated alkanes) is 2. The Balaban J connectivity index is 1.53. The first-order chi connectivity index (χ1) is 19.0. The molecule has 0 saturated carbocycles. The number of esters is 1. The molecule has 39 heavy (non-hydrogen) atoms. The largest absolute Gasteiger partial charge is 0.458 e. The lowest BCUT2D eigenvalue weighted by molar-refractivity contribution is -0.146. The Kier molecular flexibility index (Phi) is 10.2. The molecule has 0 bridgehead atoms. The smallest absolute Gasteiger partial charge is 0.323 e. The molecule has 0 aliphatic heterocycles. The topological polar surface area (TPSA) is 151 Å². The number of nitrogens with two attached hydrogens (primary N) is 2. The molecule has 206 valence electrons. The van der Waals surface area contributed by atoms with Gasteiger partial charge in [0.15, 0.2) is 5.15 Å². The lowest BCUT2D eigenvalue weighted by Gasteiger charge is -2.15. The van der Waals surface area contributed by atoms with Crippen molar-refractivity contribution in [2.24, 2.45) is 11.5 Å². The SMILES string of the molecule is CCCCc1nc(Cl)c(COC(=O)[C@@H](N)CCCCN)n1Cc1ccc(-c2ccccc2-c2nn[nH]n2)cc1. The highest BCUT2D eigenvalue weighted by Crippen LogP contribution is 2.30. The van der Waals surface area contributed by atoms with E-state index in [-0.39, 0.29) is 6.61 Å². The second kappa shape index (κ2) is 14.0. The van der Waals surface area contributed by atoms with Gasteiger partial charge in [0.25, 0.3) is 0 Å². The van der Waals surface area contributed by atoms with Crippen molar-refractivity contribution in [2.75, 3.05) is 6.54 Å². The normalized spacial score (nSPS) is 12.0. The molecule has 4 rings (SSSR count). The lowest BCUT2D eigenvalue weighted by Crippen LogP contribution is -2.32. The number of ether oxygens (including phenoxy) is 1. The van der Waals surface area contributed by atoms with Gasteiger partial charge in [-0.3, -0.25) is 4.79 Å². The van der Waals surface area contributed by atoms with Crippen molar-refractivity contribution in [3.63, 3.8) is 0 Å². The predicted octanol–water partition coefficient (Wildman–Crippen LogP) is 4.27. The monoisotopic (exact) mass is 550 g/mol. The van der Waals surface area contributed by atoms with Crippen LogP contribution in [-0.2, 0) is 29.1 Å². The molecule has 2 heterocycles. The Hall–Kier alpha value is -3.60. The van der Waals surface area contributed by atoms with Crippen LogP contribution in [0.5, 0.6) is 0 Å². The van der Waals surface area contributed by atoms with Crippen molar-refractivity contribution in [3.05, 3.63) is 70.8 Å². The van der Waals surface area contributed by atoms with Gasteiger partial charge in [0, 0.05) is 18.5 Å². The van der Waals surface area contributed by atoms with Crippen molar-refractivity contribution in [2.45, 2.75) is 64.6 Å². The summed E-state index contributed by atoms with van der Waals surface area (Å²) in [6.07, 6.45) is 4.92. The first kappa shape index (κ1) is 28.4. The average molecular weight is 551 g/mol. The van der Waals surface area contributed by atoms with Crippen LogP contribution in [0.4, 0.5) is 0 Å². The fraction of sp³-hybridized carbons (Fsp3) is 0.393. The molecule has 0 spiro atoms. The van der Waals surface area contributed by atoms with Crippen LogP contribution in [0, 0.1) is 0 Å². The summed E-state index contributed by atoms with van der Waals surface area (Å²) < 4.78 is 7.61. The van der Waals surface area contributed by atoms with Crippen molar-refractivity contribution < 1.29 is 9.53 Å². The Bertz CT molecular complexity index is 1340. The van der Waals surface area contributed by atoms with Gasteiger partial charge in [-0.15, -0.1) is 10.2 Å². The Morgan fingerprint density at radius 3 is 2.56 bits per heavy atom. The fourth-order valence-corrected chi connectivity index (χ4v) is 4.66. The quantitative estimate of drug-likeness (QED) is 0.155. The third-order valence-corrected chi connectivity index (χ3v) is 6.90. The molecule has 2 aromatic carbocycles. The maximum Gasteiger partial charge on any atom is 0.323 e. The summed E-state index contributed by atoms with van der Waals surface area (Å²) in [4.78, 5) is 17.1. The summed E-state index contributed by atoms with van der Waals surface area (Å²) in [6.45, 7) is 3.26. The van der Waals surface area contributed by atoms with Crippen LogP contribution >= 0.6 is 11.6 Å². The average Bonchev–Trinajstić information content (AvgIpc) is 3.59. The number of tetrazole rings is 1. The summed E-state index contributed by atoms with van der Waals surface area (Å²) in [5.74, 6) is 0.962. The van der Waals surface area contributed by atoms with E-state index in [1.54, 1.807) is 0 Å². The second-order valence-corrected chi connectivity index (χ2v) is 9.79. The number of rotatable bonds is 14. The molecule has 4 aromatic rings. The molecule has 0 radical (unpaired) electrons. The van der Waals surface area contributed by atoms with Crippen LogP contribution in [-0.4, -0.2) is 48.7 Å². The standard InChI is InChI=1S/C28H35ClN8O2/c1-2-3-11-25-32-26(29)24(18-39-28(38)23(31)10-6-7-16-30)37(25)17-19-12-14-20(15-13-19)21-8-4-5-9-22(21)27-33-35-36-34-27/h4-5,8-9,12-15,23H,2-3,6-7,10-11,16-18,30-31H2,1H3,(H,33,34,35,36)/t23-/m0/s1. The number of hydrogen-bond acceptors (Lipinski definition) is 8. The van der Waals surface area contributed by atoms with Crippen molar-refractivity contribution >= 4 is 17.6 Å². The van der Waals surface area contributed by atoms with Gasteiger partial charge in [0.1, 0.15) is 18.5 Å². The number of halogens is 1. The number of H-pyrrole nitrogens is 1. The van der Waals surface area contributed by atoms with Gasteiger partial charge in [-0.05, 0) is 47.7 Å². The number of nitrogens with one attached hydrogen (secondary N) is 1. The van der Waals surface area contributed by atoms with E-state index in [4.69, 9.17) is 27.8 Å². The van der Waals surface area contributed by atoms with Crippen LogP contribution < -0.4 is 11.5 Å². The van der Waals surface area contributed by atoms with E-state index >= 15 is 0 Å². The maximum atomic E-state index is 12.5. The van der Waals surface area contributed by atoms with Crippen molar-refractivity contribution in [1.29, 1.82) is 0 Å². The lowest BCUT2D eigenvalue weighted by atomic mass is 9.98. The van der Waals surface area contributed by atoms with Gasteiger partial charge >= 0.3 is 5.97 Å². The molecule has 0 aliphatic carbocycles. The second-order valence-electron chi connectivity index (χ2n) is 9.43. The molecule has 10 nitrogen and oxygen atoms in total. The van der Waals surface area contributed by atoms with Crippen molar-refractivity contribution in [1.82, 2.24) is 30.2 Å². The van der Waals surface area contributed by atoms with Crippen LogP contribution in [0.25, 0.3) is 22.5 Å². The Morgan fingerprint density at radius 1 is 1.10 bits per heavy atom. The molecule has 5 N–H and O–H groups in total.